The molecule has 1 aromatic carbocycles. The molecule has 0 atom stereocenters. The fourth-order valence-electron chi connectivity index (χ4n) is 1.47. The molecule has 0 aromatic heterocycles. The average molecular weight is 336 g/mol. The number of anilines is 1. The number of rotatable bonds is 4. The predicted octanol–water partition coefficient (Wildman–Crippen LogP) is 3.34. The van der Waals surface area contributed by atoms with Gasteiger partial charge in [0.2, 0.25) is 0 Å². The van der Waals surface area contributed by atoms with Crippen LogP contribution in [0.5, 0.6) is 0 Å². The van der Waals surface area contributed by atoms with Crippen LogP contribution in [-0.2, 0) is 0 Å². The Bertz CT molecular complexity index is 427. The normalized spacial score (nSPS) is 10.6. The number of aliphatic hydroxyl groups excluding tert-OH is 1. The molecule has 1 aromatic rings. The summed E-state index contributed by atoms with van der Waals surface area (Å²) >= 11 is 9.23. The second-order valence-corrected chi connectivity index (χ2v) is 5.33. The van der Waals surface area contributed by atoms with Crippen LogP contribution in [0.1, 0.15) is 13.8 Å². The van der Waals surface area contributed by atoms with E-state index >= 15 is 0 Å². The summed E-state index contributed by atoms with van der Waals surface area (Å²) in [6.07, 6.45) is 0. The zero-order chi connectivity index (χ0) is 13.7. The first-order valence-electron chi connectivity index (χ1n) is 5.59. The molecule has 0 bridgehead atoms. The molecule has 0 saturated heterocycles. The topological polar surface area (TPSA) is 52.6 Å². The molecule has 2 N–H and O–H groups in total. The van der Waals surface area contributed by atoms with E-state index in [1.54, 1.807) is 23.1 Å². The van der Waals surface area contributed by atoms with E-state index in [4.69, 9.17) is 16.7 Å². The van der Waals surface area contributed by atoms with Crippen molar-refractivity contribution in [1.82, 2.24) is 4.90 Å². The number of halogens is 2. The van der Waals surface area contributed by atoms with Gasteiger partial charge in [0.25, 0.3) is 0 Å². The lowest BCUT2D eigenvalue weighted by atomic mass is 10.3. The van der Waals surface area contributed by atoms with Gasteiger partial charge in [0.15, 0.2) is 0 Å². The second-order valence-electron chi connectivity index (χ2n) is 4.07. The molecule has 4 nitrogen and oxygen atoms in total. The van der Waals surface area contributed by atoms with Gasteiger partial charge >= 0.3 is 6.03 Å². The SMILES string of the molecule is CC(C)N(CCO)C(=O)Nc1ccc(Br)c(Cl)c1. The summed E-state index contributed by atoms with van der Waals surface area (Å²) in [5.41, 5.74) is 0.622. The number of carbonyl (C=O) groups excluding carboxylic acids is 1. The van der Waals surface area contributed by atoms with Gasteiger partial charge in [0, 0.05) is 22.7 Å². The molecule has 2 amide bonds. The lowest BCUT2D eigenvalue weighted by Crippen LogP contribution is -2.41. The maximum atomic E-state index is 12.0. The van der Waals surface area contributed by atoms with Crippen molar-refractivity contribution in [1.29, 1.82) is 0 Å². The summed E-state index contributed by atoms with van der Waals surface area (Å²) in [6, 6.07) is 4.95. The maximum Gasteiger partial charge on any atom is 0.322 e. The third-order valence-corrected chi connectivity index (χ3v) is 3.63. The maximum absolute atomic E-state index is 12.0. The van der Waals surface area contributed by atoms with Crippen molar-refractivity contribution in [3.05, 3.63) is 27.7 Å². The molecule has 100 valence electrons. The zero-order valence-electron chi connectivity index (χ0n) is 10.3. The summed E-state index contributed by atoms with van der Waals surface area (Å²) in [7, 11) is 0. The van der Waals surface area contributed by atoms with E-state index in [0.29, 0.717) is 17.3 Å². The number of hydrogen-bond acceptors (Lipinski definition) is 2. The van der Waals surface area contributed by atoms with E-state index in [0.717, 1.165) is 4.47 Å². The van der Waals surface area contributed by atoms with Crippen molar-refractivity contribution in [2.24, 2.45) is 0 Å². The fraction of sp³-hybridized carbons (Fsp3) is 0.417. The number of aliphatic hydroxyl groups is 1. The van der Waals surface area contributed by atoms with E-state index in [1.165, 1.54) is 0 Å². The van der Waals surface area contributed by atoms with Crippen molar-refractivity contribution in [3.8, 4) is 0 Å². The monoisotopic (exact) mass is 334 g/mol. The Balaban J connectivity index is 2.76. The largest absolute Gasteiger partial charge is 0.395 e. The third-order valence-electron chi connectivity index (χ3n) is 2.40. The number of urea groups is 1. The van der Waals surface area contributed by atoms with Gasteiger partial charge in [-0.1, -0.05) is 11.6 Å². The van der Waals surface area contributed by atoms with Crippen molar-refractivity contribution in [2.75, 3.05) is 18.5 Å². The molecule has 18 heavy (non-hydrogen) atoms. The number of hydrogen-bond donors (Lipinski definition) is 2. The predicted molar refractivity (Wildman–Crippen MR) is 77.1 cm³/mol. The van der Waals surface area contributed by atoms with Crippen molar-refractivity contribution in [2.45, 2.75) is 19.9 Å². The Morgan fingerprint density at radius 2 is 2.22 bits per heavy atom. The molecule has 0 fully saturated rings. The quantitative estimate of drug-likeness (QED) is 0.886. The summed E-state index contributed by atoms with van der Waals surface area (Å²) < 4.78 is 0.776. The highest BCUT2D eigenvalue weighted by Crippen LogP contribution is 2.25. The van der Waals surface area contributed by atoms with Crippen LogP contribution in [-0.4, -0.2) is 35.2 Å². The Morgan fingerprint density at radius 3 is 2.72 bits per heavy atom. The number of amides is 2. The Kier molecular flexibility index (Phi) is 5.91. The van der Waals surface area contributed by atoms with Crippen LogP contribution in [0.4, 0.5) is 10.5 Å². The van der Waals surface area contributed by atoms with Crippen LogP contribution in [0.3, 0.4) is 0 Å². The van der Waals surface area contributed by atoms with Crippen LogP contribution in [0.2, 0.25) is 5.02 Å². The highest BCUT2D eigenvalue weighted by molar-refractivity contribution is 9.10. The zero-order valence-corrected chi connectivity index (χ0v) is 12.6. The highest BCUT2D eigenvalue weighted by Gasteiger charge is 2.16. The van der Waals surface area contributed by atoms with Crippen LogP contribution in [0, 0.1) is 0 Å². The molecular weight excluding hydrogens is 320 g/mol. The van der Waals surface area contributed by atoms with E-state index in [9.17, 15) is 4.79 Å². The molecule has 0 aliphatic rings. The number of carbonyl (C=O) groups is 1. The molecule has 0 spiro atoms. The molecule has 0 saturated carbocycles. The minimum absolute atomic E-state index is 0.0167. The van der Waals surface area contributed by atoms with Gasteiger partial charge in [-0.2, -0.15) is 0 Å². The molecule has 0 heterocycles. The molecule has 0 aliphatic heterocycles. The smallest absolute Gasteiger partial charge is 0.322 e. The summed E-state index contributed by atoms with van der Waals surface area (Å²) in [4.78, 5) is 13.5. The second kappa shape index (κ2) is 6.97. The van der Waals surface area contributed by atoms with Crippen LogP contribution < -0.4 is 5.32 Å². The van der Waals surface area contributed by atoms with E-state index < -0.39 is 0 Å². The minimum Gasteiger partial charge on any atom is -0.395 e. The van der Waals surface area contributed by atoms with Gasteiger partial charge in [-0.25, -0.2) is 4.79 Å². The van der Waals surface area contributed by atoms with E-state index in [2.05, 4.69) is 21.2 Å². The average Bonchev–Trinajstić information content (AvgIpc) is 2.30. The van der Waals surface area contributed by atoms with Gasteiger partial charge < -0.3 is 15.3 Å². The first-order valence-corrected chi connectivity index (χ1v) is 6.76. The summed E-state index contributed by atoms with van der Waals surface area (Å²) in [6.45, 7) is 4.02. The summed E-state index contributed by atoms with van der Waals surface area (Å²) in [5, 5.41) is 12.2. The lowest BCUT2D eigenvalue weighted by Gasteiger charge is -2.26. The van der Waals surface area contributed by atoms with Gasteiger partial charge in [-0.15, -0.1) is 0 Å². The number of nitrogens with one attached hydrogen (secondary N) is 1. The van der Waals surface area contributed by atoms with Crippen molar-refractivity contribution >= 4 is 39.2 Å². The fourth-order valence-corrected chi connectivity index (χ4v) is 1.90. The van der Waals surface area contributed by atoms with Crippen LogP contribution in [0.25, 0.3) is 0 Å². The summed E-state index contributed by atoms with van der Waals surface area (Å²) in [5.74, 6) is 0. The molecule has 1 rings (SSSR count). The number of benzene rings is 1. The van der Waals surface area contributed by atoms with E-state index in [-0.39, 0.29) is 18.7 Å². The highest BCUT2D eigenvalue weighted by atomic mass is 79.9. The Labute approximate surface area is 120 Å². The van der Waals surface area contributed by atoms with Gasteiger partial charge in [-0.05, 0) is 48.0 Å². The van der Waals surface area contributed by atoms with Crippen molar-refractivity contribution < 1.29 is 9.90 Å². The van der Waals surface area contributed by atoms with E-state index in [1.807, 2.05) is 13.8 Å². The van der Waals surface area contributed by atoms with Crippen molar-refractivity contribution in [3.63, 3.8) is 0 Å². The third kappa shape index (κ3) is 4.15. The number of nitrogens with zero attached hydrogens (tertiary/aromatic N) is 1. The lowest BCUT2D eigenvalue weighted by molar-refractivity contribution is 0.172. The van der Waals surface area contributed by atoms with Gasteiger partial charge in [0.1, 0.15) is 0 Å². The van der Waals surface area contributed by atoms with Gasteiger partial charge in [-0.3, -0.25) is 0 Å². The van der Waals surface area contributed by atoms with Crippen LogP contribution in [0.15, 0.2) is 22.7 Å². The molecule has 0 unspecified atom stereocenters. The molecule has 0 aliphatic carbocycles. The standard InChI is InChI=1S/C12H16BrClN2O2/c1-8(2)16(5-6-17)12(18)15-9-3-4-10(13)11(14)7-9/h3-4,7-8,17H,5-6H2,1-2H3,(H,15,18). The van der Waals surface area contributed by atoms with Gasteiger partial charge in [0.05, 0.1) is 11.6 Å². The first kappa shape index (κ1) is 15.3. The van der Waals surface area contributed by atoms with Crippen LogP contribution >= 0.6 is 27.5 Å². The first-order chi connectivity index (χ1) is 8.45. The molecular formula is C12H16BrClN2O2. The Hall–Kier alpha value is -0.780. The Morgan fingerprint density at radius 1 is 1.56 bits per heavy atom. The minimum atomic E-state index is -0.252. The molecule has 6 heteroatoms. The molecule has 0 radical (unpaired) electrons.